The normalized spacial score (nSPS) is 20.0. The third-order valence-corrected chi connectivity index (χ3v) is 7.49. The minimum absolute atomic E-state index is 0.0170. The molecule has 0 bridgehead atoms. The monoisotopic (exact) mass is 541 g/mol. The van der Waals surface area contributed by atoms with Crippen molar-refractivity contribution in [3.63, 3.8) is 0 Å². The Morgan fingerprint density at radius 2 is 1.68 bits per heavy atom. The van der Waals surface area contributed by atoms with E-state index in [0.717, 1.165) is 28.9 Å². The zero-order valence-corrected chi connectivity index (χ0v) is 24.1. The molecular formula is C34H39NO5. The lowest BCUT2D eigenvalue weighted by Gasteiger charge is -2.36. The number of ether oxygens (including phenoxy) is 3. The highest BCUT2D eigenvalue weighted by atomic mass is 16.6. The van der Waals surface area contributed by atoms with Crippen LogP contribution in [-0.2, 0) is 38.5 Å². The molecule has 3 atom stereocenters. The third-order valence-electron chi connectivity index (χ3n) is 7.49. The second-order valence-corrected chi connectivity index (χ2v) is 12.3. The highest BCUT2D eigenvalue weighted by Crippen LogP contribution is 2.49. The van der Waals surface area contributed by atoms with Crippen LogP contribution in [0.1, 0.15) is 69.3 Å². The molecule has 3 aromatic carbocycles. The minimum Gasteiger partial charge on any atom is -0.489 e. The van der Waals surface area contributed by atoms with Gasteiger partial charge in [0.2, 0.25) is 5.91 Å². The van der Waals surface area contributed by atoms with E-state index in [1.165, 1.54) is 5.56 Å². The quantitative estimate of drug-likeness (QED) is 0.308. The molecule has 0 spiro atoms. The molecular weight excluding hydrogens is 502 g/mol. The highest BCUT2D eigenvalue weighted by molar-refractivity contribution is 5.85. The maximum absolute atomic E-state index is 14.4. The van der Waals surface area contributed by atoms with Crippen molar-refractivity contribution in [2.24, 2.45) is 5.92 Å². The molecule has 2 aliphatic rings. The van der Waals surface area contributed by atoms with Gasteiger partial charge in [-0.05, 0) is 75.4 Å². The molecule has 0 saturated carbocycles. The summed E-state index contributed by atoms with van der Waals surface area (Å²) in [6.07, 6.45) is 1.03. The van der Waals surface area contributed by atoms with Crippen LogP contribution in [-0.4, -0.2) is 34.2 Å². The van der Waals surface area contributed by atoms with Gasteiger partial charge in [0.15, 0.2) is 0 Å². The number of benzene rings is 3. The van der Waals surface area contributed by atoms with Crippen molar-refractivity contribution in [3.05, 3.63) is 101 Å². The Hall–Kier alpha value is -3.64. The molecule has 40 heavy (non-hydrogen) atoms. The standard InChI is InChI=1S/C34H39NO5/c1-33(2,3)40-30(36)21-26(18-24-14-11-16-27(19-24)38-22-23-12-7-6-8-13-23)32(37)35-31-28-17-10-9-15-25(28)20-29(31)39-34(35,4)5/h6-17,19,26,29,31H,18,20-22H2,1-5H3/t26-,29-,31+/m1/s1. The molecule has 0 aromatic heterocycles. The van der Waals surface area contributed by atoms with Crippen LogP contribution in [0.4, 0.5) is 0 Å². The van der Waals surface area contributed by atoms with Gasteiger partial charge in [-0.1, -0.05) is 66.7 Å². The van der Waals surface area contributed by atoms with Crippen LogP contribution in [0.15, 0.2) is 78.9 Å². The van der Waals surface area contributed by atoms with E-state index in [0.29, 0.717) is 13.0 Å². The number of fused-ring (bicyclic) bond motifs is 3. The lowest BCUT2D eigenvalue weighted by molar-refractivity contribution is -0.162. The van der Waals surface area contributed by atoms with Crippen LogP contribution in [0.2, 0.25) is 0 Å². The van der Waals surface area contributed by atoms with Crippen molar-refractivity contribution in [1.29, 1.82) is 0 Å². The molecule has 1 saturated heterocycles. The molecule has 1 amide bonds. The predicted molar refractivity (Wildman–Crippen MR) is 154 cm³/mol. The first-order valence-electron chi connectivity index (χ1n) is 14.1. The Morgan fingerprint density at radius 1 is 0.975 bits per heavy atom. The third kappa shape index (κ3) is 6.23. The summed E-state index contributed by atoms with van der Waals surface area (Å²) in [7, 11) is 0. The molecule has 1 aliphatic heterocycles. The molecule has 210 valence electrons. The van der Waals surface area contributed by atoms with Crippen LogP contribution >= 0.6 is 0 Å². The Kier molecular flexibility index (Phi) is 7.74. The second kappa shape index (κ2) is 11.1. The molecule has 6 nitrogen and oxygen atoms in total. The first-order valence-corrected chi connectivity index (χ1v) is 14.1. The number of esters is 1. The molecule has 5 rings (SSSR count). The number of rotatable bonds is 8. The number of amides is 1. The van der Waals surface area contributed by atoms with E-state index in [2.05, 4.69) is 12.1 Å². The van der Waals surface area contributed by atoms with Gasteiger partial charge in [-0.3, -0.25) is 9.59 Å². The average Bonchev–Trinajstić information content (AvgIpc) is 3.36. The fraction of sp³-hybridized carbons (Fsp3) is 0.412. The first kappa shape index (κ1) is 27.9. The molecule has 3 aromatic rings. The van der Waals surface area contributed by atoms with Crippen molar-refractivity contribution in [2.75, 3.05) is 0 Å². The Bertz CT molecular complexity index is 1360. The van der Waals surface area contributed by atoms with Gasteiger partial charge in [0.1, 0.15) is 23.7 Å². The Labute approximate surface area is 237 Å². The molecule has 6 heteroatoms. The number of carbonyl (C=O) groups is 2. The molecule has 0 unspecified atom stereocenters. The van der Waals surface area contributed by atoms with Crippen molar-refractivity contribution >= 4 is 11.9 Å². The summed E-state index contributed by atoms with van der Waals surface area (Å²) >= 11 is 0. The van der Waals surface area contributed by atoms with Crippen molar-refractivity contribution in [2.45, 2.75) is 84.0 Å². The maximum atomic E-state index is 14.4. The summed E-state index contributed by atoms with van der Waals surface area (Å²) in [5.74, 6) is -0.382. The number of carbonyl (C=O) groups excluding carboxylic acids is 2. The summed E-state index contributed by atoms with van der Waals surface area (Å²) in [4.78, 5) is 29.3. The van der Waals surface area contributed by atoms with Crippen LogP contribution in [0, 0.1) is 5.92 Å². The topological polar surface area (TPSA) is 65.1 Å². The summed E-state index contributed by atoms with van der Waals surface area (Å²) in [5.41, 5.74) is 2.90. The molecule has 1 aliphatic carbocycles. The van der Waals surface area contributed by atoms with Crippen LogP contribution in [0.3, 0.4) is 0 Å². The van der Waals surface area contributed by atoms with Crippen molar-refractivity contribution in [3.8, 4) is 5.75 Å². The summed E-state index contributed by atoms with van der Waals surface area (Å²) in [5, 5.41) is 0. The summed E-state index contributed by atoms with van der Waals surface area (Å²) in [6.45, 7) is 9.85. The Morgan fingerprint density at radius 3 is 2.42 bits per heavy atom. The van der Waals surface area contributed by atoms with E-state index in [9.17, 15) is 9.59 Å². The Balaban J connectivity index is 1.40. The van der Waals surface area contributed by atoms with Crippen LogP contribution < -0.4 is 4.74 Å². The van der Waals surface area contributed by atoms with Gasteiger partial charge in [-0.25, -0.2) is 0 Å². The lowest BCUT2D eigenvalue weighted by Crippen LogP contribution is -2.48. The van der Waals surface area contributed by atoms with Crippen molar-refractivity contribution < 1.29 is 23.8 Å². The average molecular weight is 542 g/mol. The molecule has 1 heterocycles. The van der Waals surface area contributed by atoms with Gasteiger partial charge < -0.3 is 19.1 Å². The van der Waals surface area contributed by atoms with E-state index < -0.39 is 17.2 Å². The largest absolute Gasteiger partial charge is 0.489 e. The molecule has 1 fully saturated rings. The van der Waals surface area contributed by atoms with Crippen molar-refractivity contribution in [1.82, 2.24) is 4.90 Å². The predicted octanol–water partition coefficient (Wildman–Crippen LogP) is 6.42. The van der Waals surface area contributed by atoms with E-state index in [1.807, 2.05) is 106 Å². The molecule has 0 radical (unpaired) electrons. The van der Waals surface area contributed by atoms with Gasteiger partial charge in [-0.2, -0.15) is 0 Å². The fourth-order valence-electron chi connectivity index (χ4n) is 5.93. The van der Waals surface area contributed by atoms with Gasteiger partial charge in [0, 0.05) is 6.42 Å². The summed E-state index contributed by atoms with van der Waals surface area (Å²) in [6, 6.07) is 25.8. The van der Waals surface area contributed by atoms with E-state index in [1.54, 1.807) is 0 Å². The van der Waals surface area contributed by atoms with Gasteiger partial charge in [-0.15, -0.1) is 0 Å². The number of hydrogen-bond acceptors (Lipinski definition) is 5. The van der Waals surface area contributed by atoms with E-state index in [4.69, 9.17) is 14.2 Å². The van der Waals surface area contributed by atoms with E-state index >= 15 is 0 Å². The zero-order chi connectivity index (χ0) is 28.5. The summed E-state index contributed by atoms with van der Waals surface area (Å²) < 4.78 is 18.1. The van der Waals surface area contributed by atoms with Gasteiger partial charge in [0.25, 0.3) is 0 Å². The minimum atomic E-state index is -0.799. The van der Waals surface area contributed by atoms with Crippen LogP contribution in [0.25, 0.3) is 0 Å². The smallest absolute Gasteiger partial charge is 0.307 e. The van der Waals surface area contributed by atoms with E-state index in [-0.39, 0.29) is 30.4 Å². The second-order valence-electron chi connectivity index (χ2n) is 12.3. The van der Waals surface area contributed by atoms with Gasteiger partial charge in [0.05, 0.1) is 24.5 Å². The van der Waals surface area contributed by atoms with Gasteiger partial charge >= 0.3 is 5.97 Å². The number of hydrogen-bond donors (Lipinski definition) is 0. The number of nitrogens with zero attached hydrogens (tertiary/aromatic N) is 1. The SMILES string of the molecule is CC(C)(C)OC(=O)C[C@@H](Cc1cccc(OCc2ccccc2)c1)C(=O)N1[C@H]2c3ccccc3C[C@H]2OC1(C)C. The highest BCUT2D eigenvalue weighted by Gasteiger charge is 2.54. The maximum Gasteiger partial charge on any atom is 0.307 e. The first-order chi connectivity index (χ1) is 19.0. The van der Waals surface area contributed by atoms with Crippen LogP contribution in [0.5, 0.6) is 5.75 Å². The fourth-order valence-corrected chi connectivity index (χ4v) is 5.93. The zero-order valence-electron chi connectivity index (χ0n) is 24.1. The molecule has 0 N–H and O–H groups in total. The lowest BCUT2D eigenvalue weighted by atomic mass is 9.92.